The maximum atomic E-state index is 13.3. The fraction of sp³-hybridized carbons (Fsp3) is 0.571. The Morgan fingerprint density at radius 1 is 1.40 bits per heavy atom. The summed E-state index contributed by atoms with van der Waals surface area (Å²) in [6, 6.07) is 3.58. The van der Waals surface area contributed by atoms with Crippen LogP contribution in [0.1, 0.15) is 31.2 Å². The fourth-order valence-corrected chi connectivity index (χ4v) is 2.89. The van der Waals surface area contributed by atoms with E-state index >= 15 is 0 Å². The van der Waals surface area contributed by atoms with Crippen LogP contribution in [0.5, 0.6) is 0 Å². The van der Waals surface area contributed by atoms with Gasteiger partial charge in [0, 0.05) is 19.2 Å². The maximum Gasteiger partial charge on any atom is 0.272 e. The Morgan fingerprint density at radius 2 is 2.05 bits per heavy atom. The lowest BCUT2D eigenvalue weighted by Crippen LogP contribution is -2.38. The van der Waals surface area contributed by atoms with E-state index in [1.807, 2.05) is 11.9 Å². The van der Waals surface area contributed by atoms with Gasteiger partial charge in [-0.2, -0.15) is 0 Å². The summed E-state index contributed by atoms with van der Waals surface area (Å²) in [6.45, 7) is 0.873. The minimum Gasteiger partial charge on any atom is -0.389 e. The molecule has 1 saturated carbocycles. The third kappa shape index (κ3) is 3.74. The minimum atomic E-state index is -0.673. The first-order chi connectivity index (χ1) is 9.38. The van der Waals surface area contributed by atoms with Crippen LogP contribution in [0.4, 0.5) is 10.1 Å². The van der Waals surface area contributed by atoms with Gasteiger partial charge in [0.2, 0.25) is 0 Å². The van der Waals surface area contributed by atoms with E-state index in [0.717, 1.165) is 31.7 Å². The summed E-state index contributed by atoms with van der Waals surface area (Å²) >= 11 is 0. The van der Waals surface area contributed by atoms with Gasteiger partial charge in [-0.3, -0.25) is 15.0 Å². The van der Waals surface area contributed by atoms with Crippen molar-refractivity contribution in [3.8, 4) is 0 Å². The Kier molecular flexibility index (Phi) is 4.35. The summed E-state index contributed by atoms with van der Waals surface area (Å²) < 4.78 is 13.3. The summed E-state index contributed by atoms with van der Waals surface area (Å²) in [5.41, 5.74) is -0.373. The Labute approximate surface area is 117 Å². The highest BCUT2D eigenvalue weighted by atomic mass is 19.1. The van der Waals surface area contributed by atoms with E-state index in [1.54, 1.807) is 0 Å². The maximum absolute atomic E-state index is 13.3. The molecule has 0 spiro atoms. The molecule has 20 heavy (non-hydrogen) atoms. The normalized spacial score (nSPS) is 17.6. The minimum absolute atomic E-state index is 0.243. The van der Waals surface area contributed by atoms with Gasteiger partial charge in [-0.15, -0.1) is 0 Å². The number of benzene rings is 1. The van der Waals surface area contributed by atoms with E-state index in [4.69, 9.17) is 0 Å². The second kappa shape index (κ2) is 5.85. The molecule has 1 aliphatic carbocycles. The first kappa shape index (κ1) is 14.9. The summed E-state index contributed by atoms with van der Waals surface area (Å²) in [7, 11) is 1.83. The second-order valence-corrected chi connectivity index (χ2v) is 5.68. The predicted molar refractivity (Wildman–Crippen MR) is 72.8 cm³/mol. The summed E-state index contributed by atoms with van der Waals surface area (Å²) in [6.07, 6.45) is 3.60. The highest BCUT2D eigenvalue weighted by Crippen LogP contribution is 2.30. The largest absolute Gasteiger partial charge is 0.389 e. The molecule has 0 heterocycles. The molecule has 0 radical (unpaired) electrons. The first-order valence-corrected chi connectivity index (χ1v) is 6.73. The molecule has 1 fully saturated rings. The highest BCUT2D eigenvalue weighted by molar-refractivity contribution is 5.35. The van der Waals surface area contributed by atoms with Crippen molar-refractivity contribution in [2.75, 3.05) is 13.6 Å². The number of halogens is 1. The second-order valence-electron chi connectivity index (χ2n) is 5.68. The van der Waals surface area contributed by atoms with E-state index in [2.05, 4.69) is 0 Å². The number of nitro benzene ring substituents is 1. The van der Waals surface area contributed by atoms with Crippen LogP contribution >= 0.6 is 0 Å². The van der Waals surface area contributed by atoms with Crippen LogP contribution in [0.3, 0.4) is 0 Å². The average Bonchev–Trinajstić information content (AvgIpc) is 2.74. The first-order valence-electron chi connectivity index (χ1n) is 6.73. The molecule has 5 nitrogen and oxygen atoms in total. The van der Waals surface area contributed by atoms with Crippen LogP contribution in [-0.4, -0.2) is 34.1 Å². The lowest BCUT2D eigenvalue weighted by Gasteiger charge is -2.28. The topological polar surface area (TPSA) is 66.6 Å². The number of likely N-dealkylation sites (N-methyl/N-ethyl adjacent to an activating group) is 1. The van der Waals surface area contributed by atoms with E-state index in [-0.39, 0.29) is 5.69 Å². The number of nitro groups is 1. The van der Waals surface area contributed by atoms with E-state index in [0.29, 0.717) is 18.7 Å². The van der Waals surface area contributed by atoms with Crippen molar-refractivity contribution in [1.82, 2.24) is 4.90 Å². The van der Waals surface area contributed by atoms with E-state index < -0.39 is 16.3 Å². The Balaban J connectivity index is 2.03. The number of hydrogen-bond donors (Lipinski definition) is 1. The van der Waals surface area contributed by atoms with Gasteiger partial charge in [0.25, 0.3) is 5.69 Å². The Morgan fingerprint density at radius 3 is 2.65 bits per heavy atom. The molecule has 0 aromatic heterocycles. The zero-order valence-corrected chi connectivity index (χ0v) is 11.5. The summed E-state index contributed by atoms with van der Waals surface area (Å²) in [5.74, 6) is -0.609. The molecule has 0 saturated heterocycles. The average molecular weight is 282 g/mol. The fourth-order valence-electron chi connectivity index (χ4n) is 2.89. The van der Waals surface area contributed by atoms with Crippen molar-refractivity contribution >= 4 is 5.69 Å². The third-order valence-electron chi connectivity index (χ3n) is 3.70. The van der Waals surface area contributed by atoms with Gasteiger partial charge in [0.1, 0.15) is 5.82 Å². The monoisotopic (exact) mass is 282 g/mol. The smallest absolute Gasteiger partial charge is 0.272 e. The van der Waals surface area contributed by atoms with Gasteiger partial charge in [-0.25, -0.2) is 4.39 Å². The van der Waals surface area contributed by atoms with Crippen LogP contribution in [0.15, 0.2) is 18.2 Å². The van der Waals surface area contributed by atoms with Gasteiger partial charge in [0.15, 0.2) is 0 Å². The zero-order chi connectivity index (χ0) is 14.8. The van der Waals surface area contributed by atoms with Crippen LogP contribution in [0.25, 0.3) is 0 Å². The SMILES string of the molecule is CN(Cc1cc(F)cc([N+](=O)[O-])c1)CC1(O)CCCC1. The molecule has 0 atom stereocenters. The Bertz CT molecular complexity index is 501. The standard InChI is InChI=1S/C14H19FN2O3/c1-16(10-14(18)4-2-3-5-14)9-11-6-12(15)8-13(7-11)17(19)20/h6-8,18H,2-5,9-10H2,1H3. The van der Waals surface area contributed by atoms with Gasteiger partial charge >= 0.3 is 0 Å². The molecular formula is C14H19FN2O3. The number of aliphatic hydroxyl groups is 1. The number of non-ortho nitro benzene ring substituents is 1. The molecule has 1 aliphatic rings. The molecule has 1 aromatic carbocycles. The molecule has 0 unspecified atom stereocenters. The van der Waals surface area contributed by atoms with Crippen LogP contribution in [0, 0.1) is 15.9 Å². The molecule has 110 valence electrons. The summed E-state index contributed by atoms with van der Waals surface area (Å²) in [4.78, 5) is 12.0. The van der Waals surface area contributed by atoms with Crippen molar-refractivity contribution in [1.29, 1.82) is 0 Å². The molecular weight excluding hydrogens is 263 g/mol. The van der Waals surface area contributed by atoms with E-state index in [1.165, 1.54) is 12.1 Å². The number of hydrogen-bond acceptors (Lipinski definition) is 4. The lowest BCUT2D eigenvalue weighted by molar-refractivity contribution is -0.385. The molecule has 0 aliphatic heterocycles. The quantitative estimate of drug-likeness (QED) is 0.665. The van der Waals surface area contributed by atoms with Gasteiger partial charge in [-0.05, 0) is 31.5 Å². The Hall–Kier alpha value is -1.53. The van der Waals surface area contributed by atoms with Gasteiger partial charge in [0.05, 0.1) is 16.6 Å². The van der Waals surface area contributed by atoms with Crippen LogP contribution < -0.4 is 0 Å². The van der Waals surface area contributed by atoms with Crippen LogP contribution in [-0.2, 0) is 6.54 Å². The van der Waals surface area contributed by atoms with Gasteiger partial charge in [-0.1, -0.05) is 12.8 Å². The lowest BCUT2D eigenvalue weighted by atomic mass is 10.0. The van der Waals surface area contributed by atoms with Crippen molar-refractivity contribution in [3.05, 3.63) is 39.7 Å². The molecule has 1 aromatic rings. The van der Waals surface area contributed by atoms with Crippen molar-refractivity contribution in [2.45, 2.75) is 37.8 Å². The van der Waals surface area contributed by atoms with Gasteiger partial charge < -0.3 is 5.11 Å². The number of nitrogens with zero attached hydrogens (tertiary/aromatic N) is 2. The highest BCUT2D eigenvalue weighted by Gasteiger charge is 2.32. The molecule has 0 amide bonds. The van der Waals surface area contributed by atoms with Crippen molar-refractivity contribution in [3.63, 3.8) is 0 Å². The summed E-state index contributed by atoms with van der Waals surface area (Å²) in [5, 5.41) is 21.0. The molecule has 2 rings (SSSR count). The predicted octanol–water partition coefficient (Wildman–Crippen LogP) is 2.47. The van der Waals surface area contributed by atoms with Crippen molar-refractivity contribution < 1.29 is 14.4 Å². The zero-order valence-electron chi connectivity index (χ0n) is 11.5. The van der Waals surface area contributed by atoms with E-state index in [9.17, 15) is 19.6 Å². The van der Waals surface area contributed by atoms with Crippen molar-refractivity contribution in [2.24, 2.45) is 0 Å². The molecule has 1 N–H and O–H groups in total. The molecule has 6 heteroatoms. The number of rotatable bonds is 5. The molecule has 0 bridgehead atoms. The third-order valence-corrected chi connectivity index (χ3v) is 3.70. The van der Waals surface area contributed by atoms with Crippen LogP contribution in [0.2, 0.25) is 0 Å².